The third-order valence-electron chi connectivity index (χ3n) is 4.72. The number of ether oxygens (including phenoxy) is 1. The number of rotatable bonds is 8. The Hall–Kier alpha value is -0.650. The Labute approximate surface area is 184 Å². The minimum atomic E-state index is 0. The van der Waals surface area contributed by atoms with Gasteiger partial charge in [-0.25, -0.2) is 4.98 Å². The molecule has 0 radical (unpaired) electrons. The Morgan fingerprint density at radius 2 is 2.00 bits per heavy atom. The van der Waals surface area contributed by atoms with Gasteiger partial charge in [-0.2, -0.15) is 0 Å². The molecule has 0 aromatic carbocycles. The van der Waals surface area contributed by atoms with Gasteiger partial charge in [0.2, 0.25) is 0 Å². The average molecular weight is 508 g/mol. The number of halogens is 1. The van der Waals surface area contributed by atoms with Crippen LogP contribution in [0.25, 0.3) is 0 Å². The summed E-state index contributed by atoms with van der Waals surface area (Å²) in [6, 6.07) is 0. The monoisotopic (exact) mass is 508 g/mol. The maximum atomic E-state index is 5.38. The number of anilines is 1. The van der Waals surface area contributed by atoms with Crippen molar-refractivity contribution >= 4 is 46.4 Å². The molecule has 1 aromatic heterocycles. The van der Waals surface area contributed by atoms with Crippen molar-refractivity contribution in [3.8, 4) is 0 Å². The maximum Gasteiger partial charge on any atom is 0.191 e. The zero-order valence-electron chi connectivity index (χ0n) is 16.3. The van der Waals surface area contributed by atoms with Gasteiger partial charge in [0, 0.05) is 57.6 Å². The summed E-state index contributed by atoms with van der Waals surface area (Å²) in [6.45, 7) is 11.7. The van der Waals surface area contributed by atoms with Crippen molar-refractivity contribution in [3.05, 3.63) is 11.1 Å². The molecule has 2 aliphatic heterocycles. The molecule has 1 aromatic rings. The number of nitrogens with one attached hydrogen (secondary N) is 2. The van der Waals surface area contributed by atoms with Crippen LogP contribution < -0.4 is 15.5 Å². The highest BCUT2D eigenvalue weighted by molar-refractivity contribution is 14.0. The molecule has 0 amide bonds. The van der Waals surface area contributed by atoms with Crippen LogP contribution in [0.1, 0.15) is 25.5 Å². The topological polar surface area (TPSA) is 65.0 Å². The Balaban J connectivity index is 0.00000261. The predicted octanol–water partition coefficient (Wildman–Crippen LogP) is 1.79. The highest BCUT2D eigenvalue weighted by Gasteiger charge is 2.15. The minimum absolute atomic E-state index is 0. The van der Waals surface area contributed by atoms with Crippen molar-refractivity contribution in [2.75, 3.05) is 70.5 Å². The molecule has 9 heteroatoms. The van der Waals surface area contributed by atoms with Gasteiger partial charge in [0.15, 0.2) is 11.1 Å². The fourth-order valence-corrected chi connectivity index (χ4v) is 4.16. The number of aliphatic imine (C=N–C) groups is 1. The summed E-state index contributed by atoms with van der Waals surface area (Å²) in [7, 11) is 0. The van der Waals surface area contributed by atoms with Gasteiger partial charge in [-0.05, 0) is 19.8 Å². The number of aromatic nitrogens is 1. The number of thiazole rings is 1. The summed E-state index contributed by atoms with van der Waals surface area (Å²) < 4.78 is 5.38. The van der Waals surface area contributed by atoms with Crippen LogP contribution >= 0.6 is 35.3 Å². The van der Waals surface area contributed by atoms with E-state index in [-0.39, 0.29) is 24.0 Å². The molecule has 0 saturated carbocycles. The molecule has 7 nitrogen and oxygen atoms in total. The van der Waals surface area contributed by atoms with Gasteiger partial charge in [-0.3, -0.25) is 9.89 Å². The molecule has 154 valence electrons. The number of nitrogens with zero attached hydrogens (tertiary/aromatic N) is 4. The van der Waals surface area contributed by atoms with E-state index >= 15 is 0 Å². The molecule has 0 unspecified atom stereocenters. The van der Waals surface area contributed by atoms with Gasteiger partial charge >= 0.3 is 0 Å². The van der Waals surface area contributed by atoms with Crippen LogP contribution in [0.4, 0.5) is 5.13 Å². The molecule has 0 spiro atoms. The molecule has 3 heterocycles. The number of guanidine groups is 1. The molecule has 0 aliphatic carbocycles. The van der Waals surface area contributed by atoms with Gasteiger partial charge in [-0.1, -0.05) is 0 Å². The van der Waals surface area contributed by atoms with Gasteiger partial charge in [0.25, 0.3) is 0 Å². The molecular weight excluding hydrogens is 475 g/mol. The maximum absolute atomic E-state index is 5.38. The van der Waals surface area contributed by atoms with Crippen LogP contribution in [0.3, 0.4) is 0 Å². The summed E-state index contributed by atoms with van der Waals surface area (Å²) in [5, 5.41) is 10.1. The van der Waals surface area contributed by atoms with Gasteiger partial charge in [-0.15, -0.1) is 35.3 Å². The fraction of sp³-hybridized carbons (Fsp3) is 0.778. The predicted molar refractivity (Wildman–Crippen MR) is 124 cm³/mol. The average Bonchev–Trinajstić information content (AvgIpc) is 3.34. The minimum Gasteiger partial charge on any atom is -0.379 e. The molecular formula is C18H33IN6OS. The van der Waals surface area contributed by atoms with Crippen LogP contribution in [0, 0.1) is 0 Å². The van der Waals surface area contributed by atoms with E-state index in [0.717, 1.165) is 78.0 Å². The Morgan fingerprint density at radius 3 is 2.74 bits per heavy atom. The molecule has 2 saturated heterocycles. The van der Waals surface area contributed by atoms with E-state index < -0.39 is 0 Å². The van der Waals surface area contributed by atoms with Crippen LogP contribution in [-0.4, -0.2) is 81.4 Å². The molecule has 27 heavy (non-hydrogen) atoms. The number of hydrogen-bond acceptors (Lipinski definition) is 6. The zero-order chi connectivity index (χ0) is 18.0. The van der Waals surface area contributed by atoms with Crippen molar-refractivity contribution in [2.24, 2.45) is 4.99 Å². The quantitative estimate of drug-likeness (QED) is 0.317. The lowest BCUT2D eigenvalue weighted by molar-refractivity contribution is 0.0394. The van der Waals surface area contributed by atoms with Gasteiger partial charge in [0.1, 0.15) is 0 Å². The third-order valence-corrected chi connectivity index (χ3v) is 5.67. The lowest BCUT2D eigenvalue weighted by Gasteiger charge is -2.25. The van der Waals surface area contributed by atoms with E-state index in [1.165, 1.54) is 23.7 Å². The first-order valence-corrected chi connectivity index (χ1v) is 10.7. The SMILES string of the molecule is CCNC(=NCCN1CCOCC1)NCCc1csc(N2CCCC2)n1.I. The van der Waals surface area contributed by atoms with Gasteiger partial charge < -0.3 is 20.3 Å². The van der Waals surface area contributed by atoms with E-state index in [4.69, 9.17) is 14.7 Å². The fourth-order valence-electron chi connectivity index (χ4n) is 3.24. The largest absolute Gasteiger partial charge is 0.379 e. The third kappa shape index (κ3) is 7.71. The summed E-state index contributed by atoms with van der Waals surface area (Å²) in [5.74, 6) is 0.899. The van der Waals surface area contributed by atoms with E-state index in [0.29, 0.717) is 0 Å². The second-order valence-corrected chi connectivity index (χ2v) is 7.54. The summed E-state index contributed by atoms with van der Waals surface area (Å²) >= 11 is 1.77. The van der Waals surface area contributed by atoms with Crippen molar-refractivity contribution in [1.82, 2.24) is 20.5 Å². The van der Waals surface area contributed by atoms with Crippen LogP contribution in [-0.2, 0) is 11.2 Å². The van der Waals surface area contributed by atoms with Gasteiger partial charge in [0.05, 0.1) is 25.5 Å². The van der Waals surface area contributed by atoms with Crippen LogP contribution in [0.2, 0.25) is 0 Å². The number of morpholine rings is 1. The van der Waals surface area contributed by atoms with E-state index in [9.17, 15) is 0 Å². The Morgan fingerprint density at radius 1 is 1.22 bits per heavy atom. The highest BCUT2D eigenvalue weighted by atomic mass is 127. The molecule has 2 aliphatic rings. The zero-order valence-corrected chi connectivity index (χ0v) is 19.4. The number of hydrogen-bond donors (Lipinski definition) is 2. The second kappa shape index (κ2) is 12.7. The van der Waals surface area contributed by atoms with Crippen molar-refractivity contribution in [3.63, 3.8) is 0 Å². The van der Waals surface area contributed by atoms with E-state index in [1.54, 1.807) is 11.3 Å². The molecule has 3 rings (SSSR count). The van der Waals surface area contributed by atoms with E-state index in [1.807, 2.05) is 0 Å². The normalized spacial score (nSPS) is 18.4. The van der Waals surface area contributed by atoms with Crippen molar-refractivity contribution in [2.45, 2.75) is 26.2 Å². The smallest absolute Gasteiger partial charge is 0.191 e. The second-order valence-electron chi connectivity index (χ2n) is 6.71. The Bertz CT molecular complexity index is 558. The first-order chi connectivity index (χ1) is 12.8. The Kier molecular flexibility index (Phi) is 10.7. The summed E-state index contributed by atoms with van der Waals surface area (Å²) in [5.41, 5.74) is 1.17. The lowest BCUT2D eigenvalue weighted by atomic mass is 10.3. The highest BCUT2D eigenvalue weighted by Crippen LogP contribution is 2.24. The van der Waals surface area contributed by atoms with Crippen LogP contribution in [0.15, 0.2) is 10.4 Å². The lowest BCUT2D eigenvalue weighted by Crippen LogP contribution is -2.40. The van der Waals surface area contributed by atoms with E-state index in [2.05, 4.69) is 32.7 Å². The molecule has 2 fully saturated rings. The molecule has 2 N–H and O–H groups in total. The molecule has 0 atom stereocenters. The molecule has 0 bridgehead atoms. The summed E-state index contributed by atoms with van der Waals surface area (Å²) in [4.78, 5) is 14.3. The van der Waals surface area contributed by atoms with Crippen molar-refractivity contribution < 1.29 is 4.74 Å². The first kappa shape index (κ1) is 22.6. The van der Waals surface area contributed by atoms with Crippen LogP contribution in [0.5, 0.6) is 0 Å². The van der Waals surface area contributed by atoms with Crippen molar-refractivity contribution in [1.29, 1.82) is 0 Å². The first-order valence-electron chi connectivity index (χ1n) is 9.87. The standard InChI is InChI=1S/C18H32N6OS.HI/c1-2-19-17(21-7-10-23-11-13-25-14-12-23)20-6-5-16-15-26-18(22-16)24-8-3-4-9-24;/h15H,2-14H2,1H3,(H2,19,20,21);1H. The summed E-state index contributed by atoms with van der Waals surface area (Å²) in [6.07, 6.45) is 3.52.